The third-order valence-corrected chi connectivity index (χ3v) is 3.33. The molecule has 1 aliphatic heterocycles. The summed E-state index contributed by atoms with van der Waals surface area (Å²) in [5.74, 6) is -0.0502. The number of ether oxygens (including phenoxy) is 1. The first-order valence-corrected chi connectivity index (χ1v) is 6.62. The Morgan fingerprint density at radius 2 is 1.86 bits per heavy atom. The van der Waals surface area contributed by atoms with E-state index < -0.39 is 5.91 Å². The Hall–Kier alpha value is -2.89. The van der Waals surface area contributed by atoms with Gasteiger partial charge in [-0.2, -0.15) is 0 Å². The van der Waals surface area contributed by atoms with Gasteiger partial charge in [0.25, 0.3) is 5.91 Å². The molecule has 0 fully saturated rings. The highest BCUT2D eigenvalue weighted by Gasteiger charge is 2.28. The molecule has 0 atom stereocenters. The Balaban J connectivity index is 1.79. The van der Waals surface area contributed by atoms with Gasteiger partial charge in [-0.3, -0.25) is 9.78 Å². The van der Waals surface area contributed by atoms with Gasteiger partial charge >= 0.3 is 0 Å². The van der Waals surface area contributed by atoms with Crippen molar-refractivity contribution in [2.24, 2.45) is 0 Å². The van der Waals surface area contributed by atoms with Gasteiger partial charge in [-0.1, -0.05) is 0 Å². The average Bonchev–Trinajstić information content (AvgIpc) is 2.78. The number of benzene rings is 1. The molecule has 2 heterocycles. The maximum atomic E-state index is 12.8. The van der Waals surface area contributed by atoms with Crippen LogP contribution >= 0.6 is 0 Å². The first-order chi connectivity index (χ1) is 10.5. The minimum Gasteiger partial charge on any atom is -0.503 e. The van der Waals surface area contributed by atoms with Gasteiger partial charge in [-0.15, -0.1) is 0 Å². The molecule has 1 N–H and O–H groups in total. The van der Waals surface area contributed by atoms with E-state index in [2.05, 4.69) is 4.98 Å². The van der Waals surface area contributed by atoms with E-state index in [4.69, 9.17) is 4.74 Å². The topological polar surface area (TPSA) is 62.7 Å². The highest BCUT2D eigenvalue weighted by Crippen LogP contribution is 2.26. The summed E-state index contributed by atoms with van der Waals surface area (Å²) in [6, 6.07) is 8.98. The van der Waals surface area contributed by atoms with Gasteiger partial charge in [0.2, 0.25) is 0 Å². The van der Waals surface area contributed by atoms with Crippen LogP contribution < -0.4 is 4.74 Å². The van der Waals surface area contributed by atoms with E-state index in [-0.39, 0.29) is 11.6 Å². The van der Waals surface area contributed by atoms with Crippen LogP contribution in [0.2, 0.25) is 0 Å². The number of halogens is 1. The maximum absolute atomic E-state index is 12.8. The molecule has 0 spiro atoms. The Morgan fingerprint density at radius 3 is 2.41 bits per heavy atom. The van der Waals surface area contributed by atoms with Gasteiger partial charge in [0, 0.05) is 12.6 Å². The van der Waals surface area contributed by atoms with Crippen molar-refractivity contribution in [3.63, 3.8) is 0 Å². The molecule has 0 saturated heterocycles. The highest BCUT2D eigenvalue weighted by atomic mass is 19.1. The Morgan fingerprint density at radius 1 is 1.18 bits per heavy atom. The molecule has 0 aliphatic carbocycles. The number of pyridine rings is 1. The number of hydrogen-bond donors (Lipinski definition) is 1. The predicted molar refractivity (Wildman–Crippen MR) is 77.9 cm³/mol. The van der Waals surface area contributed by atoms with Crippen molar-refractivity contribution in [2.75, 3.05) is 13.6 Å². The summed E-state index contributed by atoms with van der Waals surface area (Å²) in [5.41, 5.74) is 1.00. The smallest absolute Gasteiger partial charge is 0.289 e. The van der Waals surface area contributed by atoms with Gasteiger partial charge in [-0.05, 0) is 36.4 Å². The third-order valence-electron chi connectivity index (χ3n) is 3.33. The van der Waals surface area contributed by atoms with Crippen molar-refractivity contribution in [3.8, 4) is 11.5 Å². The van der Waals surface area contributed by atoms with Crippen molar-refractivity contribution in [2.45, 2.75) is 0 Å². The van der Waals surface area contributed by atoms with E-state index in [0.717, 1.165) is 0 Å². The number of nitrogens with zero attached hydrogens (tertiary/aromatic N) is 2. The van der Waals surface area contributed by atoms with Crippen LogP contribution in [-0.4, -0.2) is 34.5 Å². The number of carbonyl (C=O) groups excluding carboxylic acids is 1. The number of rotatable bonds is 3. The lowest BCUT2D eigenvalue weighted by Crippen LogP contribution is -2.21. The number of aliphatic hydroxyl groups excluding tert-OH is 1. The molecule has 0 bridgehead atoms. The molecule has 1 aromatic carbocycles. The SMILES string of the molecule is CN1CC(c2ccc(Oc3ccc(F)cc3)cn2)=C(O)C1=O. The summed E-state index contributed by atoms with van der Waals surface area (Å²) in [4.78, 5) is 17.2. The molecule has 6 heteroatoms. The van der Waals surface area contributed by atoms with Crippen LogP contribution in [0.15, 0.2) is 48.4 Å². The number of aromatic nitrogens is 1. The monoisotopic (exact) mass is 300 g/mol. The zero-order valence-electron chi connectivity index (χ0n) is 11.8. The van der Waals surface area contributed by atoms with Gasteiger partial charge in [0.1, 0.15) is 17.3 Å². The normalized spacial score (nSPS) is 14.6. The zero-order valence-corrected chi connectivity index (χ0v) is 11.8. The molecule has 3 rings (SSSR count). The highest BCUT2D eigenvalue weighted by molar-refractivity contribution is 6.03. The van der Waals surface area contributed by atoms with Gasteiger partial charge in [0.05, 0.1) is 18.4 Å². The van der Waals surface area contributed by atoms with Crippen molar-refractivity contribution in [1.82, 2.24) is 9.88 Å². The van der Waals surface area contributed by atoms with Crippen molar-refractivity contribution in [1.29, 1.82) is 0 Å². The van der Waals surface area contributed by atoms with Crippen LogP contribution in [0.5, 0.6) is 11.5 Å². The lowest BCUT2D eigenvalue weighted by atomic mass is 10.1. The van der Waals surface area contributed by atoms with Crippen LogP contribution in [0.3, 0.4) is 0 Å². The van der Waals surface area contributed by atoms with E-state index in [1.54, 1.807) is 19.2 Å². The number of aliphatic hydroxyl groups is 1. The van der Waals surface area contributed by atoms with Gasteiger partial charge < -0.3 is 14.7 Å². The molecule has 1 amide bonds. The van der Waals surface area contributed by atoms with Crippen LogP contribution in [0.1, 0.15) is 5.69 Å². The summed E-state index contributed by atoms with van der Waals surface area (Å²) in [5, 5.41) is 9.79. The largest absolute Gasteiger partial charge is 0.503 e. The predicted octanol–water partition coefficient (Wildman–Crippen LogP) is 2.75. The molecule has 0 radical (unpaired) electrons. The number of likely N-dealkylation sites (N-methyl/N-ethyl adjacent to an activating group) is 1. The molecular weight excluding hydrogens is 287 g/mol. The summed E-state index contributed by atoms with van der Waals surface area (Å²) < 4.78 is 18.4. The Bertz CT molecular complexity index is 739. The molecule has 5 nitrogen and oxygen atoms in total. The molecular formula is C16H13FN2O3. The Labute approximate surface area is 126 Å². The van der Waals surface area contributed by atoms with Crippen molar-refractivity contribution >= 4 is 11.5 Å². The van der Waals surface area contributed by atoms with Gasteiger partial charge in [-0.25, -0.2) is 4.39 Å². The second-order valence-corrected chi connectivity index (χ2v) is 4.92. The van der Waals surface area contributed by atoms with Crippen LogP contribution in [-0.2, 0) is 4.79 Å². The lowest BCUT2D eigenvalue weighted by Gasteiger charge is -2.08. The Kier molecular flexibility index (Phi) is 3.50. The van der Waals surface area contributed by atoms with Gasteiger partial charge in [0.15, 0.2) is 5.76 Å². The maximum Gasteiger partial charge on any atom is 0.289 e. The van der Waals surface area contributed by atoms with E-state index in [1.807, 2.05) is 0 Å². The second kappa shape index (κ2) is 5.48. The van der Waals surface area contributed by atoms with E-state index in [9.17, 15) is 14.3 Å². The van der Waals surface area contributed by atoms with Crippen LogP contribution in [0.25, 0.3) is 5.57 Å². The number of hydrogen-bond acceptors (Lipinski definition) is 4. The minimum absolute atomic E-state index is 0.276. The molecule has 1 aromatic heterocycles. The lowest BCUT2D eigenvalue weighted by molar-refractivity contribution is -0.126. The quantitative estimate of drug-likeness (QED) is 0.946. The number of amides is 1. The molecule has 2 aromatic rings. The zero-order chi connectivity index (χ0) is 15.7. The third kappa shape index (κ3) is 2.63. The molecule has 1 aliphatic rings. The van der Waals surface area contributed by atoms with E-state index in [1.165, 1.54) is 35.4 Å². The summed E-state index contributed by atoms with van der Waals surface area (Å²) in [7, 11) is 1.61. The summed E-state index contributed by atoms with van der Waals surface area (Å²) >= 11 is 0. The molecule has 22 heavy (non-hydrogen) atoms. The summed E-state index contributed by atoms with van der Waals surface area (Å²) in [6.45, 7) is 0.315. The average molecular weight is 300 g/mol. The van der Waals surface area contributed by atoms with Crippen LogP contribution in [0, 0.1) is 5.82 Å². The fourth-order valence-electron chi connectivity index (χ4n) is 2.15. The minimum atomic E-state index is -0.413. The molecule has 112 valence electrons. The second-order valence-electron chi connectivity index (χ2n) is 4.92. The summed E-state index contributed by atoms with van der Waals surface area (Å²) in [6.07, 6.45) is 1.49. The van der Waals surface area contributed by atoms with E-state index in [0.29, 0.717) is 29.3 Å². The van der Waals surface area contributed by atoms with E-state index >= 15 is 0 Å². The standard InChI is InChI=1S/C16H13FN2O3/c1-19-9-13(15(20)16(19)21)14-7-6-12(8-18-14)22-11-4-2-10(17)3-5-11/h2-8,20H,9H2,1H3. The van der Waals surface area contributed by atoms with Crippen molar-refractivity contribution < 1.29 is 19.0 Å². The molecule has 0 unspecified atom stereocenters. The fourth-order valence-corrected chi connectivity index (χ4v) is 2.15. The van der Waals surface area contributed by atoms with Crippen LogP contribution in [0.4, 0.5) is 4.39 Å². The first kappa shape index (κ1) is 14.1. The van der Waals surface area contributed by atoms with Crippen molar-refractivity contribution in [3.05, 3.63) is 59.9 Å². The fraction of sp³-hybridized carbons (Fsp3) is 0.125. The molecule has 0 saturated carbocycles. The number of carbonyl (C=O) groups is 1. The first-order valence-electron chi connectivity index (χ1n) is 6.62.